The van der Waals surface area contributed by atoms with Gasteiger partial charge in [-0.3, -0.25) is 9.59 Å². The smallest absolute Gasteiger partial charge is 0.416 e. The molecule has 0 aliphatic carbocycles. The largest absolute Gasteiger partial charge is 0.463 e. The number of ether oxygens (including phenoxy) is 2. The number of alkyl halides is 6. The molecule has 0 aromatic heterocycles. The van der Waals surface area contributed by atoms with Crippen molar-refractivity contribution >= 4 is 17.6 Å². The van der Waals surface area contributed by atoms with Crippen LogP contribution in [0.3, 0.4) is 0 Å². The zero-order valence-electron chi connectivity index (χ0n) is 14.5. The minimum absolute atomic E-state index is 0.0308. The van der Waals surface area contributed by atoms with Crippen LogP contribution in [0.5, 0.6) is 0 Å². The summed E-state index contributed by atoms with van der Waals surface area (Å²) in [6, 6.07) is 0.740. The second-order valence-corrected chi connectivity index (χ2v) is 6.16. The van der Waals surface area contributed by atoms with Gasteiger partial charge in [-0.05, 0) is 31.0 Å². The van der Waals surface area contributed by atoms with Crippen LogP contribution in [0.15, 0.2) is 18.2 Å². The van der Waals surface area contributed by atoms with E-state index in [0.717, 1.165) is 12.8 Å². The monoisotopic (exact) mass is 413 g/mol. The third kappa shape index (κ3) is 6.70. The molecule has 1 atom stereocenters. The quantitative estimate of drug-likeness (QED) is 0.562. The lowest BCUT2D eigenvalue weighted by atomic mass is 10.1. The molecule has 28 heavy (non-hydrogen) atoms. The van der Waals surface area contributed by atoms with Crippen LogP contribution < -0.4 is 5.32 Å². The number of hydrogen-bond acceptors (Lipinski definition) is 4. The molecule has 1 heterocycles. The van der Waals surface area contributed by atoms with Crippen molar-refractivity contribution in [1.29, 1.82) is 0 Å². The average Bonchev–Trinajstić information content (AvgIpc) is 3.10. The Kier molecular flexibility index (Phi) is 6.91. The van der Waals surface area contributed by atoms with Gasteiger partial charge in [-0.2, -0.15) is 26.3 Å². The van der Waals surface area contributed by atoms with Crippen molar-refractivity contribution in [2.24, 2.45) is 0 Å². The van der Waals surface area contributed by atoms with E-state index in [1.807, 2.05) is 5.32 Å². The van der Waals surface area contributed by atoms with Gasteiger partial charge in [-0.1, -0.05) is 0 Å². The highest BCUT2D eigenvalue weighted by atomic mass is 19.4. The fourth-order valence-corrected chi connectivity index (χ4v) is 2.50. The molecule has 2 rings (SSSR count). The molecule has 1 aliphatic heterocycles. The lowest BCUT2D eigenvalue weighted by Gasteiger charge is -2.15. The minimum atomic E-state index is -5.02. The Morgan fingerprint density at radius 1 is 1.04 bits per heavy atom. The Morgan fingerprint density at radius 2 is 1.64 bits per heavy atom. The van der Waals surface area contributed by atoms with E-state index in [1.54, 1.807) is 0 Å². The predicted molar refractivity (Wildman–Crippen MR) is 84.2 cm³/mol. The molecular formula is C17H17F6NO4. The molecule has 0 unspecified atom stereocenters. The van der Waals surface area contributed by atoms with Crippen molar-refractivity contribution in [3.05, 3.63) is 29.3 Å². The fraction of sp³-hybridized carbons (Fsp3) is 0.529. The first-order valence-corrected chi connectivity index (χ1v) is 8.31. The van der Waals surface area contributed by atoms with Crippen molar-refractivity contribution in [3.8, 4) is 0 Å². The highest BCUT2D eigenvalue weighted by Gasteiger charge is 2.37. The first kappa shape index (κ1) is 22.0. The lowest BCUT2D eigenvalue weighted by molar-refractivity contribution is -0.147. The topological polar surface area (TPSA) is 64.6 Å². The molecule has 156 valence electrons. The van der Waals surface area contributed by atoms with Crippen molar-refractivity contribution in [2.45, 2.75) is 44.1 Å². The second-order valence-electron chi connectivity index (χ2n) is 6.16. The first-order valence-electron chi connectivity index (χ1n) is 8.31. The summed E-state index contributed by atoms with van der Waals surface area (Å²) in [4.78, 5) is 23.4. The molecule has 1 N–H and O–H groups in total. The van der Waals surface area contributed by atoms with Crippen LogP contribution in [-0.4, -0.2) is 31.2 Å². The summed E-state index contributed by atoms with van der Waals surface area (Å²) < 4.78 is 86.9. The molecule has 0 bridgehead atoms. The normalized spacial score (nSPS) is 17.4. The molecule has 1 saturated heterocycles. The van der Waals surface area contributed by atoms with E-state index < -0.39 is 47.5 Å². The Hall–Kier alpha value is -2.30. The summed E-state index contributed by atoms with van der Waals surface area (Å²) in [5.41, 5.74) is -3.76. The van der Waals surface area contributed by atoms with Crippen LogP contribution in [0.25, 0.3) is 0 Å². The molecule has 0 saturated carbocycles. The standard InChI is InChI=1S/C17H17F6NO4/c18-16(19,20)10-6-11(17(21,22)23)8-12(7-10)24-14(25)3-4-15(26)28-9-13-2-1-5-27-13/h6-8,13H,1-5,9H2,(H,24,25)/t13-/m0/s1. The molecule has 11 heteroatoms. The van der Waals surface area contributed by atoms with Crippen LogP contribution in [0, 0.1) is 0 Å². The Labute approximate surface area is 156 Å². The van der Waals surface area contributed by atoms with Crippen molar-refractivity contribution in [2.75, 3.05) is 18.5 Å². The van der Waals surface area contributed by atoms with E-state index >= 15 is 0 Å². The van der Waals surface area contributed by atoms with Gasteiger partial charge >= 0.3 is 18.3 Å². The highest BCUT2D eigenvalue weighted by Crippen LogP contribution is 2.37. The first-order chi connectivity index (χ1) is 12.9. The molecule has 1 aliphatic rings. The average molecular weight is 413 g/mol. The van der Waals surface area contributed by atoms with Gasteiger partial charge in [0.25, 0.3) is 0 Å². The van der Waals surface area contributed by atoms with Gasteiger partial charge in [0.15, 0.2) is 0 Å². The Bertz CT molecular complexity index is 678. The Morgan fingerprint density at radius 3 is 2.14 bits per heavy atom. The maximum Gasteiger partial charge on any atom is 0.416 e. The van der Waals surface area contributed by atoms with Gasteiger partial charge in [-0.25, -0.2) is 0 Å². The third-order valence-electron chi connectivity index (χ3n) is 3.88. The Balaban J connectivity index is 1.93. The van der Waals surface area contributed by atoms with Gasteiger partial charge in [0.2, 0.25) is 5.91 Å². The summed E-state index contributed by atoms with van der Waals surface area (Å²) in [7, 11) is 0. The number of rotatable bonds is 6. The van der Waals surface area contributed by atoms with Crippen molar-refractivity contribution in [3.63, 3.8) is 0 Å². The van der Waals surface area contributed by atoms with E-state index in [0.29, 0.717) is 18.7 Å². The van der Waals surface area contributed by atoms with Gasteiger partial charge < -0.3 is 14.8 Å². The minimum Gasteiger partial charge on any atom is -0.463 e. The number of amides is 1. The number of benzene rings is 1. The number of anilines is 1. The maximum absolute atomic E-state index is 12.8. The summed E-state index contributed by atoms with van der Waals surface area (Å²) in [5.74, 6) is -1.63. The van der Waals surface area contributed by atoms with Gasteiger partial charge in [0.1, 0.15) is 6.61 Å². The van der Waals surface area contributed by atoms with E-state index in [1.165, 1.54) is 0 Å². The van der Waals surface area contributed by atoms with E-state index in [4.69, 9.17) is 9.47 Å². The van der Waals surface area contributed by atoms with E-state index in [2.05, 4.69) is 0 Å². The van der Waals surface area contributed by atoms with Crippen LogP contribution >= 0.6 is 0 Å². The van der Waals surface area contributed by atoms with Crippen LogP contribution in [0.1, 0.15) is 36.8 Å². The van der Waals surface area contributed by atoms with Gasteiger partial charge in [0.05, 0.1) is 23.7 Å². The number of esters is 1. The molecule has 1 fully saturated rings. The van der Waals surface area contributed by atoms with Crippen LogP contribution in [0.4, 0.5) is 32.0 Å². The number of hydrogen-bond donors (Lipinski definition) is 1. The molecule has 1 aromatic carbocycles. The zero-order chi connectivity index (χ0) is 20.9. The summed E-state index contributed by atoms with van der Waals surface area (Å²) in [5, 5.41) is 1.95. The summed E-state index contributed by atoms with van der Waals surface area (Å²) >= 11 is 0. The summed E-state index contributed by atoms with van der Waals surface area (Å²) in [6.45, 7) is 0.602. The molecular weight excluding hydrogens is 396 g/mol. The van der Waals surface area contributed by atoms with Crippen molar-refractivity contribution < 1.29 is 45.4 Å². The number of halogens is 6. The maximum atomic E-state index is 12.8. The van der Waals surface area contributed by atoms with E-state index in [9.17, 15) is 35.9 Å². The zero-order valence-corrected chi connectivity index (χ0v) is 14.5. The number of carbonyl (C=O) groups excluding carboxylic acids is 2. The fourth-order valence-electron chi connectivity index (χ4n) is 2.50. The number of nitrogens with one attached hydrogen (secondary N) is 1. The molecule has 5 nitrogen and oxygen atoms in total. The molecule has 1 aromatic rings. The third-order valence-corrected chi connectivity index (χ3v) is 3.88. The van der Waals surface area contributed by atoms with Crippen molar-refractivity contribution in [1.82, 2.24) is 0 Å². The van der Waals surface area contributed by atoms with E-state index in [-0.39, 0.29) is 25.2 Å². The molecule has 1 amide bonds. The number of carbonyl (C=O) groups is 2. The summed E-state index contributed by atoms with van der Waals surface area (Å²) in [6.07, 6.45) is -9.49. The predicted octanol–water partition coefficient (Wildman–Crippen LogP) is 4.17. The van der Waals surface area contributed by atoms with Gasteiger partial charge in [0, 0.05) is 18.7 Å². The second kappa shape index (κ2) is 8.80. The van der Waals surface area contributed by atoms with Crippen LogP contribution in [0.2, 0.25) is 0 Å². The van der Waals surface area contributed by atoms with Crippen LogP contribution in [-0.2, 0) is 31.4 Å². The lowest BCUT2D eigenvalue weighted by Crippen LogP contribution is -2.20. The molecule has 0 radical (unpaired) electrons. The van der Waals surface area contributed by atoms with Gasteiger partial charge in [-0.15, -0.1) is 0 Å². The SMILES string of the molecule is O=C(CCC(=O)OC[C@@H]1CCCO1)Nc1cc(C(F)(F)F)cc(C(F)(F)F)c1. The molecule has 0 spiro atoms. The highest BCUT2D eigenvalue weighted by molar-refractivity contribution is 5.92.